The topological polar surface area (TPSA) is 105 Å². The summed E-state index contributed by atoms with van der Waals surface area (Å²) in [6.07, 6.45) is 0. The third-order valence-corrected chi connectivity index (χ3v) is 5.98. The number of aliphatic hydroxyl groups is 1. The Balaban J connectivity index is 1.80. The lowest BCUT2D eigenvalue weighted by Gasteiger charge is -2.18. The van der Waals surface area contributed by atoms with Crippen molar-refractivity contribution in [2.45, 2.75) is 11.4 Å². The summed E-state index contributed by atoms with van der Waals surface area (Å²) in [5.41, 5.74) is 0.457. The molecule has 0 atom stereocenters. The molecule has 0 heterocycles. The lowest BCUT2D eigenvalue weighted by molar-refractivity contribution is -0.126. The van der Waals surface area contributed by atoms with Gasteiger partial charge in [0.05, 0.1) is 18.1 Å². The molecule has 158 valence electrons. The number of nitrogens with one attached hydrogen (secondary N) is 1. The van der Waals surface area contributed by atoms with Gasteiger partial charge in [-0.2, -0.15) is 4.31 Å². The molecule has 2 rings (SSSR count). The highest BCUT2D eigenvalue weighted by Crippen LogP contribution is 2.19. The predicted molar refractivity (Wildman–Crippen MR) is 108 cm³/mol. The molecule has 0 fully saturated rings. The van der Waals surface area contributed by atoms with E-state index >= 15 is 0 Å². The number of para-hydroxylation sites is 1. The monoisotopic (exact) mass is 422 g/mol. The Morgan fingerprint density at radius 2 is 1.76 bits per heavy atom. The third-order valence-electron chi connectivity index (χ3n) is 4.02. The number of benzene rings is 2. The van der Waals surface area contributed by atoms with Gasteiger partial charge in [-0.1, -0.05) is 36.4 Å². The molecular weight excluding hydrogens is 396 g/mol. The SMILES string of the molecule is CN(CCO)S(=O)(=O)c1ccccc1CNC(=O)COCCOc1ccccc1. The first-order valence-electron chi connectivity index (χ1n) is 9.12. The van der Waals surface area contributed by atoms with Crippen molar-refractivity contribution < 1.29 is 27.8 Å². The highest BCUT2D eigenvalue weighted by atomic mass is 32.2. The maximum Gasteiger partial charge on any atom is 0.246 e. The fraction of sp³-hybridized carbons (Fsp3) is 0.350. The fourth-order valence-electron chi connectivity index (χ4n) is 2.48. The second-order valence-corrected chi connectivity index (χ2v) is 8.16. The number of carbonyl (C=O) groups is 1. The Kier molecular flexibility index (Phi) is 9.07. The summed E-state index contributed by atoms with van der Waals surface area (Å²) in [6, 6.07) is 15.7. The predicted octanol–water partition coefficient (Wildman–Crippen LogP) is 1.01. The molecule has 0 unspecified atom stereocenters. The Morgan fingerprint density at radius 1 is 1.07 bits per heavy atom. The maximum atomic E-state index is 12.6. The van der Waals surface area contributed by atoms with Crippen molar-refractivity contribution in [1.29, 1.82) is 0 Å². The Labute approximate surface area is 171 Å². The Morgan fingerprint density at radius 3 is 2.48 bits per heavy atom. The number of ether oxygens (including phenoxy) is 2. The zero-order valence-corrected chi connectivity index (χ0v) is 17.1. The van der Waals surface area contributed by atoms with E-state index in [0.717, 1.165) is 10.1 Å². The summed E-state index contributed by atoms with van der Waals surface area (Å²) in [6.45, 7) is 0.166. The molecule has 0 bridgehead atoms. The summed E-state index contributed by atoms with van der Waals surface area (Å²) in [5, 5.41) is 11.6. The summed E-state index contributed by atoms with van der Waals surface area (Å²) >= 11 is 0. The number of hydrogen-bond donors (Lipinski definition) is 2. The van der Waals surface area contributed by atoms with Crippen LogP contribution in [0.2, 0.25) is 0 Å². The number of nitrogens with zero attached hydrogens (tertiary/aromatic N) is 1. The fourth-order valence-corrected chi connectivity index (χ4v) is 3.86. The van der Waals surface area contributed by atoms with Crippen LogP contribution in [0.5, 0.6) is 5.75 Å². The normalized spacial score (nSPS) is 11.4. The number of carbonyl (C=O) groups excluding carboxylic acids is 1. The van der Waals surface area contributed by atoms with Crippen molar-refractivity contribution in [1.82, 2.24) is 9.62 Å². The Bertz CT molecular complexity index is 874. The van der Waals surface area contributed by atoms with Crippen LogP contribution in [0.4, 0.5) is 0 Å². The molecule has 2 aromatic rings. The van der Waals surface area contributed by atoms with E-state index in [4.69, 9.17) is 14.6 Å². The van der Waals surface area contributed by atoms with Gasteiger partial charge >= 0.3 is 0 Å². The molecule has 9 heteroatoms. The van der Waals surface area contributed by atoms with E-state index in [2.05, 4.69) is 5.32 Å². The van der Waals surface area contributed by atoms with E-state index in [0.29, 0.717) is 12.2 Å². The van der Waals surface area contributed by atoms with Crippen LogP contribution < -0.4 is 10.1 Å². The van der Waals surface area contributed by atoms with E-state index in [1.807, 2.05) is 30.3 Å². The van der Waals surface area contributed by atoms with Crippen LogP contribution >= 0.6 is 0 Å². The highest BCUT2D eigenvalue weighted by molar-refractivity contribution is 7.89. The smallest absolute Gasteiger partial charge is 0.246 e. The van der Waals surface area contributed by atoms with E-state index in [-0.39, 0.29) is 43.7 Å². The van der Waals surface area contributed by atoms with Gasteiger partial charge in [-0.15, -0.1) is 0 Å². The lowest BCUT2D eigenvalue weighted by Crippen LogP contribution is -2.32. The molecule has 0 saturated carbocycles. The summed E-state index contributed by atoms with van der Waals surface area (Å²) in [4.78, 5) is 12.1. The van der Waals surface area contributed by atoms with Crippen LogP contribution in [0.25, 0.3) is 0 Å². The number of aliphatic hydroxyl groups excluding tert-OH is 1. The minimum Gasteiger partial charge on any atom is -0.491 e. The van der Waals surface area contributed by atoms with Gasteiger partial charge in [0.1, 0.15) is 19.0 Å². The average molecular weight is 423 g/mol. The molecule has 8 nitrogen and oxygen atoms in total. The zero-order chi connectivity index (χ0) is 21.1. The van der Waals surface area contributed by atoms with Crippen LogP contribution in [0.3, 0.4) is 0 Å². The summed E-state index contributed by atoms with van der Waals surface area (Å²) in [7, 11) is -2.36. The quantitative estimate of drug-likeness (QED) is 0.495. The van der Waals surface area contributed by atoms with Crippen molar-refractivity contribution in [2.75, 3.05) is 40.0 Å². The van der Waals surface area contributed by atoms with Gasteiger partial charge in [0.15, 0.2) is 0 Å². The molecule has 0 spiro atoms. The van der Waals surface area contributed by atoms with Crippen molar-refractivity contribution in [3.05, 3.63) is 60.2 Å². The molecule has 2 aromatic carbocycles. The van der Waals surface area contributed by atoms with E-state index in [9.17, 15) is 13.2 Å². The molecule has 0 aliphatic carbocycles. The lowest BCUT2D eigenvalue weighted by atomic mass is 10.2. The number of hydrogen-bond acceptors (Lipinski definition) is 6. The van der Waals surface area contributed by atoms with Crippen LogP contribution in [0, 0.1) is 0 Å². The van der Waals surface area contributed by atoms with Crippen molar-refractivity contribution in [2.24, 2.45) is 0 Å². The van der Waals surface area contributed by atoms with Crippen molar-refractivity contribution in [3.8, 4) is 5.75 Å². The molecule has 0 aromatic heterocycles. The second kappa shape index (κ2) is 11.5. The number of sulfonamides is 1. The van der Waals surface area contributed by atoms with Gasteiger partial charge < -0.3 is 19.9 Å². The second-order valence-electron chi connectivity index (χ2n) is 6.15. The first kappa shape index (κ1) is 22.8. The van der Waals surface area contributed by atoms with Gasteiger partial charge in [0, 0.05) is 20.1 Å². The number of amides is 1. The van der Waals surface area contributed by atoms with Gasteiger partial charge in [-0.25, -0.2) is 8.42 Å². The van der Waals surface area contributed by atoms with E-state index in [1.165, 1.54) is 13.1 Å². The summed E-state index contributed by atoms with van der Waals surface area (Å²) in [5.74, 6) is 0.366. The minimum atomic E-state index is -3.76. The number of rotatable bonds is 12. The molecule has 0 radical (unpaired) electrons. The standard InChI is InChI=1S/C20H26N2O6S/c1-22(11-12-23)29(25,26)19-10-6-5-7-17(19)15-21-20(24)16-27-13-14-28-18-8-3-2-4-9-18/h2-10,23H,11-16H2,1H3,(H,21,24). The minimum absolute atomic E-state index is 0.0120. The van der Waals surface area contributed by atoms with Crippen LogP contribution in [-0.2, 0) is 26.1 Å². The van der Waals surface area contributed by atoms with Crippen LogP contribution in [0.15, 0.2) is 59.5 Å². The average Bonchev–Trinajstić information content (AvgIpc) is 2.73. The summed E-state index contributed by atoms with van der Waals surface area (Å²) < 4.78 is 37.0. The van der Waals surface area contributed by atoms with Gasteiger partial charge in [-0.05, 0) is 23.8 Å². The molecule has 1 amide bonds. The molecular formula is C20H26N2O6S. The molecule has 0 saturated heterocycles. The molecule has 0 aliphatic rings. The number of likely N-dealkylation sites (N-methyl/N-ethyl adjacent to an activating group) is 1. The first-order valence-corrected chi connectivity index (χ1v) is 10.6. The first-order chi connectivity index (χ1) is 13.9. The van der Waals surface area contributed by atoms with Crippen molar-refractivity contribution in [3.63, 3.8) is 0 Å². The maximum absolute atomic E-state index is 12.6. The van der Waals surface area contributed by atoms with E-state index < -0.39 is 10.0 Å². The molecule has 2 N–H and O–H groups in total. The van der Waals surface area contributed by atoms with Crippen LogP contribution in [-0.4, -0.2) is 63.8 Å². The zero-order valence-electron chi connectivity index (χ0n) is 16.3. The largest absolute Gasteiger partial charge is 0.491 e. The Hall–Kier alpha value is -2.46. The van der Waals surface area contributed by atoms with Gasteiger partial charge in [0.2, 0.25) is 15.9 Å². The van der Waals surface area contributed by atoms with Crippen molar-refractivity contribution >= 4 is 15.9 Å². The molecule has 0 aliphatic heterocycles. The van der Waals surface area contributed by atoms with Crippen LogP contribution in [0.1, 0.15) is 5.56 Å². The molecule has 29 heavy (non-hydrogen) atoms. The van der Waals surface area contributed by atoms with Gasteiger partial charge in [0.25, 0.3) is 0 Å². The van der Waals surface area contributed by atoms with E-state index in [1.54, 1.807) is 18.2 Å². The van der Waals surface area contributed by atoms with Gasteiger partial charge in [-0.3, -0.25) is 4.79 Å². The highest BCUT2D eigenvalue weighted by Gasteiger charge is 2.23. The third kappa shape index (κ3) is 7.13.